The molecule has 28 heavy (non-hydrogen) atoms. The van der Waals surface area contributed by atoms with Crippen molar-refractivity contribution in [2.75, 3.05) is 6.61 Å². The van der Waals surface area contributed by atoms with Gasteiger partial charge in [-0.25, -0.2) is 19.1 Å². The van der Waals surface area contributed by atoms with Crippen molar-refractivity contribution < 1.29 is 19.1 Å². The maximum absolute atomic E-state index is 12.5. The van der Waals surface area contributed by atoms with Crippen LogP contribution in [0.2, 0.25) is 0 Å². The van der Waals surface area contributed by atoms with E-state index in [1.165, 1.54) is 11.8 Å². The molecule has 0 unspecified atom stereocenters. The van der Waals surface area contributed by atoms with Crippen LogP contribution in [0.25, 0.3) is 5.78 Å². The van der Waals surface area contributed by atoms with Gasteiger partial charge in [-0.05, 0) is 31.5 Å². The minimum absolute atomic E-state index is 0.279. The first kappa shape index (κ1) is 18.4. The zero-order valence-corrected chi connectivity index (χ0v) is 16.2. The molecule has 8 nitrogen and oxygen atoms in total. The van der Waals surface area contributed by atoms with Crippen molar-refractivity contribution in [1.29, 1.82) is 0 Å². The molecule has 0 bridgehead atoms. The maximum Gasteiger partial charge on any atom is 0.347 e. The molecule has 2 aromatic heterocycles. The molecule has 1 aromatic carbocycles. The summed E-state index contributed by atoms with van der Waals surface area (Å²) in [5.74, 6) is 0.00539. The van der Waals surface area contributed by atoms with Crippen molar-refractivity contribution in [3.8, 4) is 0 Å². The number of aromatic nitrogens is 4. The fourth-order valence-corrected chi connectivity index (χ4v) is 3.80. The van der Waals surface area contributed by atoms with E-state index in [1.807, 2.05) is 32.0 Å². The van der Waals surface area contributed by atoms with Crippen LogP contribution in [0.4, 0.5) is 0 Å². The van der Waals surface area contributed by atoms with Crippen LogP contribution < -0.4 is 0 Å². The molecule has 1 aliphatic rings. The first-order valence-corrected chi connectivity index (χ1v) is 9.79. The zero-order valence-electron chi connectivity index (χ0n) is 15.4. The van der Waals surface area contributed by atoms with E-state index >= 15 is 0 Å². The molecule has 0 amide bonds. The second-order valence-corrected chi connectivity index (χ2v) is 7.38. The molecular formula is C19H18N4O4S. The molecule has 1 fully saturated rings. The number of nitrogens with zero attached hydrogens (tertiary/aromatic N) is 4. The Bertz CT molecular complexity index is 1070. The summed E-state index contributed by atoms with van der Waals surface area (Å²) in [6.07, 6.45) is -0.441. The van der Waals surface area contributed by atoms with Crippen molar-refractivity contribution in [3.05, 3.63) is 52.8 Å². The Hall–Kier alpha value is -2.94. The van der Waals surface area contributed by atoms with Gasteiger partial charge in [0, 0.05) is 23.6 Å². The second-order valence-electron chi connectivity index (χ2n) is 6.44. The summed E-state index contributed by atoms with van der Waals surface area (Å²) >= 11 is 1.41. The number of hydrogen-bond donors (Lipinski definition) is 0. The molecule has 0 N–H and O–H groups in total. The van der Waals surface area contributed by atoms with E-state index in [0.717, 1.165) is 17.0 Å². The molecule has 0 spiro atoms. The molecule has 4 rings (SSSR count). The molecule has 0 saturated carbocycles. The number of aryl methyl sites for hydroxylation is 2. The van der Waals surface area contributed by atoms with E-state index in [1.54, 1.807) is 16.6 Å². The molecule has 3 heterocycles. The van der Waals surface area contributed by atoms with Gasteiger partial charge in [0.25, 0.3) is 5.78 Å². The van der Waals surface area contributed by atoms with Crippen molar-refractivity contribution in [3.63, 3.8) is 0 Å². The van der Waals surface area contributed by atoms with Gasteiger partial charge in [-0.2, -0.15) is 4.98 Å². The highest BCUT2D eigenvalue weighted by Gasteiger charge is 2.31. The van der Waals surface area contributed by atoms with Crippen LogP contribution in [0.15, 0.2) is 35.5 Å². The summed E-state index contributed by atoms with van der Waals surface area (Å²) in [5.41, 5.74) is 3.04. The van der Waals surface area contributed by atoms with Crippen LogP contribution in [0.3, 0.4) is 0 Å². The predicted molar refractivity (Wildman–Crippen MR) is 101 cm³/mol. The summed E-state index contributed by atoms with van der Waals surface area (Å²) in [4.78, 5) is 32.9. The molecule has 144 valence electrons. The number of rotatable bonds is 5. The first-order chi connectivity index (χ1) is 13.5. The Balaban J connectivity index is 1.50. The maximum atomic E-state index is 12.5. The second kappa shape index (κ2) is 7.59. The van der Waals surface area contributed by atoms with Gasteiger partial charge in [0.1, 0.15) is 0 Å². The van der Waals surface area contributed by atoms with Gasteiger partial charge in [-0.3, -0.25) is 0 Å². The SMILES string of the molecule is Cc1cc(C)n2nc(SCc3ccccc3C(=O)O[C@@H]3CCOC3=O)nc2n1. The summed E-state index contributed by atoms with van der Waals surface area (Å²) in [5, 5.41) is 5.04. The van der Waals surface area contributed by atoms with Gasteiger partial charge in [-0.1, -0.05) is 30.0 Å². The van der Waals surface area contributed by atoms with Gasteiger partial charge in [0.2, 0.25) is 11.3 Å². The molecule has 1 saturated heterocycles. The van der Waals surface area contributed by atoms with Crippen LogP contribution in [-0.2, 0) is 20.0 Å². The Labute approximate surface area is 165 Å². The lowest BCUT2D eigenvalue weighted by atomic mass is 10.1. The average molecular weight is 398 g/mol. The Morgan fingerprint density at radius 2 is 2.14 bits per heavy atom. The largest absolute Gasteiger partial charge is 0.463 e. The highest BCUT2D eigenvalue weighted by atomic mass is 32.2. The number of cyclic esters (lactones) is 1. The summed E-state index contributed by atoms with van der Waals surface area (Å²) in [6.45, 7) is 4.14. The van der Waals surface area contributed by atoms with Crippen molar-refractivity contribution in [1.82, 2.24) is 19.6 Å². The normalized spacial score (nSPS) is 16.4. The molecule has 1 atom stereocenters. The Kier molecular flexibility index (Phi) is 4.99. The van der Waals surface area contributed by atoms with E-state index in [4.69, 9.17) is 9.47 Å². The van der Waals surface area contributed by atoms with Crippen LogP contribution in [0.5, 0.6) is 0 Å². The number of fused-ring (bicyclic) bond motifs is 1. The van der Waals surface area contributed by atoms with E-state index in [-0.39, 0.29) is 6.61 Å². The van der Waals surface area contributed by atoms with Gasteiger partial charge in [0.15, 0.2) is 0 Å². The Morgan fingerprint density at radius 3 is 2.93 bits per heavy atom. The summed E-state index contributed by atoms with van der Waals surface area (Å²) in [7, 11) is 0. The lowest BCUT2D eigenvalue weighted by Gasteiger charge is -2.11. The van der Waals surface area contributed by atoms with Gasteiger partial charge in [-0.15, -0.1) is 5.10 Å². The van der Waals surface area contributed by atoms with Crippen molar-refractivity contribution in [2.24, 2.45) is 0 Å². The van der Waals surface area contributed by atoms with Gasteiger partial charge < -0.3 is 9.47 Å². The number of thioether (sulfide) groups is 1. The summed E-state index contributed by atoms with van der Waals surface area (Å²) in [6, 6.07) is 9.08. The van der Waals surface area contributed by atoms with Gasteiger partial charge in [0.05, 0.1) is 12.2 Å². The monoisotopic (exact) mass is 398 g/mol. The topological polar surface area (TPSA) is 95.7 Å². The third kappa shape index (κ3) is 3.70. The van der Waals surface area contributed by atoms with Crippen molar-refractivity contribution >= 4 is 29.5 Å². The fourth-order valence-electron chi connectivity index (χ4n) is 2.97. The van der Waals surface area contributed by atoms with Gasteiger partial charge >= 0.3 is 11.9 Å². The van der Waals surface area contributed by atoms with E-state index in [2.05, 4.69) is 15.1 Å². The standard InChI is InChI=1S/C19H18N4O4S/c1-11-9-12(2)23-18(20-11)21-19(22-23)28-10-13-5-3-4-6-14(13)16(24)27-15-7-8-26-17(15)25/h3-6,9,15H,7-8,10H2,1-2H3/t15-/m1/s1. The van der Waals surface area contributed by atoms with Crippen LogP contribution in [-0.4, -0.2) is 44.2 Å². The minimum atomic E-state index is -0.828. The van der Waals surface area contributed by atoms with E-state index in [0.29, 0.717) is 28.7 Å². The summed E-state index contributed by atoms with van der Waals surface area (Å²) < 4.78 is 11.8. The lowest BCUT2D eigenvalue weighted by Crippen LogP contribution is -2.23. The lowest BCUT2D eigenvalue weighted by molar-refractivity contribution is -0.145. The first-order valence-electron chi connectivity index (χ1n) is 8.80. The quantitative estimate of drug-likeness (QED) is 0.478. The molecule has 3 aromatic rings. The van der Waals surface area contributed by atoms with Crippen LogP contribution in [0.1, 0.15) is 33.7 Å². The number of carbonyl (C=O) groups is 2. The third-order valence-electron chi connectivity index (χ3n) is 4.33. The molecule has 1 aliphatic heterocycles. The number of esters is 2. The van der Waals surface area contributed by atoms with E-state index in [9.17, 15) is 9.59 Å². The molecular weight excluding hydrogens is 380 g/mol. The number of benzene rings is 1. The highest BCUT2D eigenvalue weighted by Crippen LogP contribution is 2.24. The van der Waals surface area contributed by atoms with Crippen molar-refractivity contribution in [2.45, 2.75) is 37.3 Å². The van der Waals surface area contributed by atoms with Crippen LogP contribution >= 0.6 is 11.8 Å². The number of ether oxygens (including phenoxy) is 2. The fraction of sp³-hybridized carbons (Fsp3) is 0.316. The molecule has 0 aliphatic carbocycles. The van der Waals surface area contributed by atoms with E-state index < -0.39 is 18.0 Å². The number of hydrogen-bond acceptors (Lipinski definition) is 8. The zero-order chi connectivity index (χ0) is 19.7. The predicted octanol–water partition coefficient (Wildman–Crippen LogP) is 2.51. The average Bonchev–Trinajstić information content (AvgIpc) is 3.26. The Morgan fingerprint density at radius 1 is 1.32 bits per heavy atom. The molecule has 0 radical (unpaired) electrons. The van der Waals surface area contributed by atoms with Crippen LogP contribution in [0, 0.1) is 13.8 Å². The minimum Gasteiger partial charge on any atom is -0.463 e. The smallest absolute Gasteiger partial charge is 0.347 e. The number of carbonyl (C=O) groups excluding carboxylic acids is 2. The third-order valence-corrected chi connectivity index (χ3v) is 5.22. The molecule has 9 heteroatoms. The highest BCUT2D eigenvalue weighted by molar-refractivity contribution is 7.98.